The average molecular weight is 347 g/mol. The summed E-state index contributed by atoms with van der Waals surface area (Å²) in [5.41, 5.74) is 1.78. The normalized spacial score (nSPS) is 11.8. The number of rotatable bonds is 8. The molecule has 0 aliphatic heterocycles. The molecule has 0 aliphatic carbocycles. The number of anilines is 1. The van der Waals surface area contributed by atoms with Gasteiger partial charge in [-0.1, -0.05) is 31.5 Å². The Morgan fingerprint density at radius 3 is 2.16 bits per heavy atom. The van der Waals surface area contributed by atoms with Gasteiger partial charge in [-0.3, -0.25) is 14.4 Å². The Morgan fingerprint density at radius 1 is 1.04 bits per heavy atom. The molecule has 0 aliphatic rings. The summed E-state index contributed by atoms with van der Waals surface area (Å²) in [6.45, 7) is 9.33. The Kier molecular flexibility index (Phi) is 8.11. The monoisotopic (exact) mass is 347 g/mol. The van der Waals surface area contributed by atoms with Crippen LogP contribution in [0.1, 0.15) is 39.7 Å². The number of benzene rings is 1. The van der Waals surface area contributed by atoms with Gasteiger partial charge >= 0.3 is 0 Å². The van der Waals surface area contributed by atoms with Gasteiger partial charge in [0.1, 0.15) is 0 Å². The Morgan fingerprint density at radius 2 is 1.64 bits per heavy atom. The zero-order chi connectivity index (χ0) is 19.0. The summed E-state index contributed by atoms with van der Waals surface area (Å²) in [5, 5.41) is 5.28. The Balaban J connectivity index is 2.50. The molecule has 0 bridgehead atoms. The lowest BCUT2D eigenvalue weighted by Gasteiger charge is -2.28. The quantitative estimate of drug-likeness (QED) is 0.757. The van der Waals surface area contributed by atoms with E-state index < -0.39 is 0 Å². The molecular weight excluding hydrogens is 318 g/mol. The van der Waals surface area contributed by atoms with Crippen molar-refractivity contribution in [2.45, 2.75) is 47.1 Å². The molecule has 0 saturated carbocycles. The number of aryl methyl sites for hydroxylation is 1. The molecule has 1 aromatic rings. The predicted molar refractivity (Wildman–Crippen MR) is 99.1 cm³/mol. The summed E-state index contributed by atoms with van der Waals surface area (Å²) in [7, 11) is 0. The second kappa shape index (κ2) is 9.81. The number of carbonyl (C=O) groups excluding carboxylic acids is 3. The highest BCUT2D eigenvalue weighted by molar-refractivity contribution is 5.95. The first-order valence-electron chi connectivity index (χ1n) is 8.68. The van der Waals surface area contributed by atoms with Gasteiger partial charge in [0.25, 0.3) is 0 Å². The van der Waals surface area contributed by atoms with Crippen molar-refractivity contribution in [3.8, 4) is 0 Å². The van der Waals surface area contributed by atoms with Crippen molar-refractivity contribution in [3.63, 3.8) is 0 Å². The van der Waals surface area contributed by atoms with E-state index in [2.05, 4.69) is 10.6 Å². The maximum atomic E-state index is 12.3. The van der Waals surface area contributed by atoms with Crippen LogP contribution in [0.3, 0.4) is 0 Å². The van der Waals surface area contributed by atoms with Crippen molar-refractivity contribution >= 4 is 23.4 Å². The van der Waals surface area contributed by atoms with Crippen LogP contribution in [0.5, 0.6) is 0 Å². The fraction of sp³-hybridized carbons (Fsp3) is 0.526. The van der Waals surface area contributed by atoms with Crippen LogP contribution in [0.15, 0.2) is 24.3 Å². The summed E-state index contributed by atoms with van der Waals surface area (Å²) in [4.78, 5) is 37.9. The molecule has 6 heteroatoms. The molecular formula is C19H29N3O3. The number of nitrogens with zero attached hydrogens (tertiary/aromatic N) is 1. The molecule has 0 spiro atoms. The number of carbonyl (C=O) groups is 3. The SMILES string of the molecule is CC[C@H](C)C(=O)N(CC(=O)NCC(=O)Nc1ccc(C)cc1)C(C)C. The maximum Gasteiger partial charge on any atom is 0.243 e. The number of nitrogens with one attached hydrogen (secondary N) is 2. The minimum atomic E-state index is -0.343. The molecule has 0 fully saturated rings. The Bertz CT molecular complexity index is 596. The van der Waals surface area contributed by atoms with E-state index in [-0.39, 0.29) is 42.8 Å². The van der Waals surface area contributed by atoms with Gasteiger partial charge in [-0.2, -0.15) is 0 Å². The molecule has 1 aromatic carbocycles. The number of hydrogen-bond donors (Lipinski definition) is 2. The largest absolute Gasteiger partial charge is 0.345 e. The molecule has 0 heterocycles. The fourth-order valence-electron chi connectivity index (χ4n) is 2.20. The van der Waals surface area contributed by atoms with Crippen LogP contribution in [-0.2, 0) is 14.4 Å². The Labute approximate surface area is 150 Å². The highest BCUT2D eigenvalue weighted by atomic mass is 16.2. The molecule has 6 nitrogen and oxygen atoms in total. The minimum absolute atomic E-state index is 0.0430. The first-order chi connectivity index (χ1) is 11.7. The van der Waals surface area contributed by atoms with Crippen LogP contribution in [0.25, 0.3) is 0 Å². The van der Waals surface area contributed by atoms with Crippen LogP contribution >= 0.6 is 0 Å². The summed E-state index contributed by atoms with van der Waals surface area (Å²) in [6, 6.07) is 7.33. The zero-order valence-electron chi connectivity index (χ0n) is 15.8. The van der Waals surface area contributed by atoms with Crippen molar-refractivity contribution in [2.75, 3.05) is 18.4 Å². The fourth-order valence-corrected chi connectivity index (χ4v) is 2.20. The number of hydrogen-bond acceptors (Lipinski definition) is 3. The van der Waals surface area contributed by atoms with Gasteiger partial charge in [0.05, 0.1) is 13.1 Å². The molecule has 0 saturated heterocycles. The maximum absolute atomic E-state index is 12.3. The van der Waals surface area contributed by atoms with Crippen LogP contribution in [0.4, 0.5) is 5.69 Å². The first kappa shape index (κ1) is 20.7. The summed E-state index contributed by atoms with van der Waals surface area (Å²) >= 11 is 0. The van der Waals surface area contributed by atoms with E-state index in [0.717, 1.165) is 12.0 Å². The van der Waals surface area contributed by atoms with Gasteiger partial charge in [-0.15, -0.1) is 0 Å². The van der Waals surface area contributed by atoms with E-state index in [1.165, 1.54) is 0 Å². The van der Waals surface area contributed by atoms with E-state index in [4.69, 9.17) is 0 Å². The molecule has 1 atom stereocenters. The third-order valence-corrected chi connectivity index (χ3v) is 4.04. The van der Waals surface area contributed by atoms with Crippen LogP contribution in [0.2, 0.25) is 0 Å². The smallest absolute Gasteiger partial charge is 0.243 e. The van der Waals surface area contributed by atoms with Gasteiger partial charge in [0.15, 0.2) is 0 Å². The number of amides is 3. The minimum Gasteiger partial charge on any atom is -0.345 e. The summed E-state index contributed by atoms with van der Waals surface area (Å²) < 4.78 is 0. The van der Waals surface area contributed by atoms with E-state index in [1.807, 2.05) is 46.8 Å². The van der Waals surface area contributed by atoms with Gasteiger partial charge in [0, 0.05) is 17.6 Å². The second-order valence-electron chi connectivity index (χ2n) is 6.56. The second-order valence-corrected chi connectivity index (χ2v) is 6.56. The standard InChI is InChI=1S/C19H29N3O3/c1-6-15(5)19(25)22(13(2)3)12-18(24)20-11-17(23)21-16-9-7-14(4)8-10-16/h7-10,13,15H,6,11-12H2,1-5H3,(H,20,24)(H,21,23)/t15-/m0/s1. The molecule has 0 aromatic heterocycles. The van der Waals surface area contributed by atoms with Crippen molar-refractivity contribution < 1.29 is 14.4 Å². The van der Waals surface area contributed by atoms with Crippen molar-refractivity contribution in [1.29, 1.82) is 0 Å². The van der Waals surface area contributed by atoms with Crippen molar-refractivity contribution in [3.05, 3.63) is 29.8 Å². The molecule has 1 rings (SSSR count). The highest BCUT2D eigenvalue weighted by Gasteiger charge is 2.23. The third-order valence-electron chi connectivity index (χ3n) is 4.04. The lowest BCUT2D eigenvalue weighted by Crippen LogP contribution is -2.47. The van der Waals surface area contributed by atoms with Crippen LogP contribution in [0, 0.1) is 12.8 Å². The Hall–Kier alpha value is -2.37. The van der Waals surface area contributed by atoms with Gasteiger partial charge in [-0.05, 0) is 39.3 Å². The lowest BCUT2D eigenvalue weighted by atomic mass is 10.1. The molecule has 138 valence electrons. The summed E-state index contributed by atoms with van der Waals surface area (Å²) in [6.07, 6.45) is 0.725. The summed E-state index contributed by atoms with van der Waals surface area (Å²) in [5.74, 6) is -0.817. The van der Waals surface area contributed by atoms with E-state index in [9.17, 15) is 14.4 Å². The van der Waals surface area contributed by atoms with Gasteiger partial charge < -0.3 is 15.5 Å². The van der Waals surface area contributed by atoms with E-state index in [1.54, 1.807) is 17.0 Å². The molecule has 0 radical (unpaired) electrons. The first-order valence-corrected chi connectivity index (χ1v) is 8.68. The lowest BCUT2D eigenvalue weighted by molar-refractivity contribution is -0.140. The van der Waals surface area contributed by atoms with Gasteiger partial charge in [0.2, 0.25) is 17.7 Å². The predicted octanol–water partition coefficient (Wildman–Crippen LogP) is 2.33. The molecule has 3 amide bonds. The van der Waals surface area contributed by atoms with Crippen LogP contribution in [-0.4, -0.2) is 41.8 Å². The molecule has 25 heavy (non-hydrogen) atoms. The molecule has 0 unspecified atom stereocenters. The van der Waals surface area contributed by atoms with E-state index in [0.29, 0.717) is 5.69 Å². The van der Waals surface area contributed by atoms with Crippen LogP contribution < -0.4 is 10.6 Å². The third kappa shape index (κ3) is 6.95. The van der Waals surface area contributed by atoms with E-state index >= 15 is 0 Å². The zero-order valence-corrected chi connectivity index (χ0v) is 15.8. The average Bonchev–Trinajstić information content (AvgIpc) is 2.58. The topological polar surface area (TPSA) is 78.5 Å². The molecule has 2 N–H and O–H groups in total. The highest BCUT2D eigenvalue weighted by Crippen LogP contribution is 2.10. The van der Waals surface area contributed by atoms with Gasteiger partial charge in [-0.25, -0.2) is 0 Å². The van der Waals surface area contributed by atoms with Crippen molar-refractivity contribution in [1.82, 2.24) is 10.2 Å². The van der Waals surface area contributed by atoms with Crippen molar-refractivity contribution in [2.24, 2.45) is 5.92 Å².